The lowest BCUT2D eigenvalue weighted by Crippen LogP contribution is -2.21. The first-order valence-corrected chi connectivity index (χ1v) is 4.90. The van der Waals surface area contributed by atoms with Crippen LogP contribution >= 0.6 is 0 Å². The molecule has 1 aromatic heterocycles. The first-order chi connectivity index (χ1) is 7.25. The van der Waals surface area contributed by atoms with Crippen LogP contribution in [0.2, 0.25) is 0 Å². The lowest BCUT2D eigenvalue weighted by Gasteiger charge is -1.95. The van der Waals surface area contributed by atoms with E-state index >= 15 is 0 Å². The molecule has 16 heavy (non-hydrogen) atoms. The zero-order valence-corrected chi connectivity index (χ0v) is 9.23. The maximum atomic E-state index is 11.6. The fourth-order valence-electron chi connectivity index (χ4n) is 1.67. The van der Waals surface area contributed by atoms with Gasteiger partial charge in [-0.1, -0.05) is 19.6 Å². The van der Waals surface area contributed by atoms with Crippen LogP contribution in [0.1, 0.15) is 14.4 Å². The van der Waals surface area contributed by atoms with Gasteiger partial charge in [-0.3, -0.25) is 9.13 Å². The van der Waals surface area contributed by atoms with Crippen molar-refractivity contribution in [2.24, 2.45) is 7.05 Å². The first-order valence-electron chi connectivity index (χ1n) is 4.90. The van der Waals surface area contributed by atoms with E-state index in [-0.39, 0.29) is 13.1 Å². The summed E-state index contributed by atoms with van der Waals surface area (Å²) in [6, 6.07) is 7.83. The van der Waals surface area contributed by atoms with E-state index in [4.69, 9.17) is 0 Å². The Labute approximate surface area is 96.6 Å². The molecule has 0 atom stereocenters. The van der Waals surface area contributed by atoms with Gasteiger partial charge in [0.1, 0.15) is 0 Å². The molecule has 1 heterocycles. The number of aromatic nitrogens is 2. The van der Waals surface area contributed by atoms with Gasteiger partial charge in [-0.2, -0.15) is 0 Å². The van der Waals surface area contributed by atoms with Gasteiger partial charge >= 0.3 is 5.69 Å². The summed E-state index contributed by atoms with van der Waals surface area (Å²) in [6.45, 7) is 8.70. The smallest absolute Gasteiger partial charge is 0.295 e. The van der Waals surface area contributed by atoms with E-state index in [1.165, 1.54) is 0 Å². The number of nitrogens with zero attached hydrogens (tertiary/aromatic N) is 2. The molecule has 0 bridgehead atoms. The zero-order valence-electron chi connectivity index (χ0n) is 9.23. The first kappa shape index (κ1) is 14.2. The Hall–Kier alpha value is -1.77. The minimum absolute atomic E-state index is 0. The summed E-state index contributed by atoms with van der Waals surface area (Å²) in [5.41, 5.74) is 2.07. The SMILES string of the molecule is C.C=C.CCn1c(=O)n(C)c2ccccc21. The van der Waals surface area contributed by atoms with Gasteiger partial charge in [0.05, 0.1) is 11.0 Å². The third-order valence-electron chi connectivity index (χ3n) is 2.37. The number of benzene rings is 1. The molecule has 3 heteroatoms. The van der Waals surface area contributed by atoms with Crippen molar-refractivity contribution in [3.8, 4) is 0 Å². The molecular formula is C13H20N2O. The maximum Gasteiger partial charge on any atom is 0.328 e. The fourth-order valence-corrected chi connectivity index (χ4v) is 1.67. The Bertz CT molecular complexity index is 508. The van der Waals surface area contributed by atoms with Crippen molar-refractivity contribution in [3.63, 3.8) is 0 Å². The minimum atomic E-state index is 0. The molecule has 2 aromatic rings. The van der Waals surface area contributed by atoms with Crippen LogP contribution < -0.4 is 5.69 Å². The van der Waals surface area contributed by atoms with Crippen molar-refractivity contribution in [1.29, 1.82) is 0 Å². The van der Waals surface area contributed by atoms with Crippen molar-refractivity contribution >= 4 is 11.0 Å². The summed E-state index contributed by atoms with van der Waals surface area (Å²) in [7, 11) is 1.80. The van der Waals surface area contributed by atoms with Crippen molar-refractivity contribution in [2.75, 3.05) is 0 Å². The number of hydrogen-bond donors (Lipinski definition) is 0. The van der Waals surface area contributed by atoms with Crippen molar-refractivity contribution < 1.29 is 0 Å². The van der Waals surface area contributed by atoms with Gasteiger partial charge in [-0.15, -0.1) is 13.2 Å². The Morgan fingerprint density at radius 2 is 1.69 bits per heavy atom. The third kappa shape index (κ3) is 2.08. The van der Waals surface area contributed by atoms with E-state index < -0.39 is 0 Å². The van der Waals surface area contributed by atoms with Gasteiger partial charge in [0.25, 0.3) is 0 Å². The highest BCUT2D eigenvalue weighted by Crippen LogP contribution is 2.10. The van der Waals surface area contributed by atoms with E-state index in [1.54, 1.807) is 16.2 Å². The molecule has 0 amide bonds. The Morgan fingerprint density at radius 1 is 1.19 bits per heavy atom. The van der Waals surface area contributed by atoms with Gasteiger partial charge in [0.2, 0.25) is 0 Å². The van der Waals surface area contributed by atoms with Crippen molar-refractivity contribution in [2.45, 2.75) is 20.9 Å². The quantitative estimate of drug-likeness (QED) is 0.679. The maximum absolute atomic E-state index is 11.6. The van der Waals surface area contributed by atoms with Gasteiger partial charge in [0.15, 0.2) is 0 Å². The summed E-state index contributed by atoms with van der Waals surface area (Å²) in [5, 5.41) is 0. The Kier molecular flexibility index (Phi) is 5.30. The predicted molar refractivity (Wildman–Crippen MR) is 70.8 cm³/mol. The summed E-state index contributed by atoms with van der Waals surface area (Å²) in [4.78, 5) is 11.6. The third-order valence-corrected chi connectivity index (χ3v) is 2.37. The van der Waals surface area contributed by atoms with Crippen molar-refractivity contribution in [3.05, 3.63) is 47.9 Å². The molecule has 0 spiro atoms. The van der Waals surface area contributed by atoms with Crippen LogP contribution in [0.3, 0.4) is 0 Å². The van der Waals surface area contributed by atoms with E-state index in [1.807, 2.05) is 31.2 Å². The molecule has 3 nitrogen and oxygen atoms in total. The number of rotatable bonds is 1. The summed E-state index contributed by atoms with van der Waals surface area (Å²) >= 11 is 0. The highest BCUT2D eigenvalue weighted by Gasteiger charge is 2.06. The number of aryl methyl sites for hydroxylation is 2. The summed E-state index contributed by atoms with van der Waals surface area (Å²) < 4.78 is 3.45. The van der Waals surface area contributed by atoms with E-state index in [2.05, 4.69) is 13.2 Å². The monoisotopic (exact) mass is 220 g/mol. The molecule has 0 unspecified atom stereocenters. The molecule has 0 saturated heterocycles. The van der Waals surface area contributed by atoms with Crippen LogP contribution in [0.4, 0.5) is 0 Å². The minimum Gasteiger partial charge on any atom is -0.295 e. The highest BCUT2D eigenvalue weighted by atomic mass is 16.1. The van der Waals surface area contributed by atoms with Gasteiger partial charge in [0, 0.05) is 13.6 Å². The molecule has 0 aliphatic rings. The van der Waals surface area contributed by atoms with Gasteiger partial charge in [-0.25, -0.2) is 4.79 Å². The highest BCUT2D eigenvalue weighted by molar-refractivity contribution is 5.75. The molecule has 1 aromatic carbocycles. The zero-order chi connectivity index (χ0) is 11.4. The summed E-state index contributed by atoms with van der Waals surface area (Å²) in [5.74, 6) is 0. The van der Waals surface area contributed by atoms with Crippen LogP contribution in [0, 0.1) is 0 Å². The Morgan fingerprint density at radius 3 is 2.19 bits per heavy atom. The van der Waals surface area contributed by atoms with Crippen LogP contribution in [0.5, 0.6) is 0 Å². The molecule has 0 radical (unpaired) electrons. The lowest BCUT2D eigenvalue weighted by molar-refractivity contribution is 0.712. The second-order valence-electron chi connectivity index (χ2n) is 3.07. The molecule has 0 saturated carbocycles. The van der Waals surface area contributed by atoms with Gasteiger partial charge in [-0.05, 0) is 19.1 Å². The van der Waals surface area contributed by atoms with E-state index in [0.717, 1.165) is 17.6 Å². The number of para-hydroxylation sites is 2. The fraction of sp³-hybridized carbons (Fsp3) is 0.308. The van der Waals surface area contributed by atoms with E-state index in [9.17, 15) is 4.79 Å². The van der Waals surface area contributed by atoms with Crippen LogP contribution in [0.25, 0.3) is 11.0 Å². The number of fused-ring (bicyclic) bond motifs is 1. The molecule has 0 N–H and O–H groups in total. The standard InChI is InChI=1S/C10H12N2O.C2H4.CH4/c1-3-12-9-7-5-4-6-8(9)11(2)10(12)13;1-2;/h4-7H,3H2,1-2H3;1-2H2;1H4. The lowest BCUT2D eigenvalue weighted by atomic mass is 10.3. The van der Waals surface area contributed by atoms with Crippen LogP contribution in [0.15, 0.2) is 42.2 Å². The molecule has 0 fully saturated rings. The Balaban J connectivity index is 0.000000711. The van der Waals surface area contributed by atoms with Crippen LogP contribution in [-0.4, -0.2) is 9.13 Å². The second kappa shape index (κ2) is 5.95. The van der Waals surface area contributed by atoms with Crippen LogP contribution in [-0.2, 0) is 13.6 Å². The molecular weight excluding hydrogens is 200 g/mol. The average molecular weight is 220 g/mol. The number of hydrogen-bond acceptors (Lipinski definition) is 1. The van der Waals surface area contributed by atoms with E-state index in [0.29, 0.717) is 0 Å². The predicted octanol–water partition coefficient (Wildman–Crippen LogP) is 2.80. The topological polar surface area (TPSA) is 26.9 Å². The summed E-state index contributed by atoms with van der Waals surface area (Å²) in [6.07, 6.45) is 0. The second-order valence-corrected chi connectivity index (χ2v) is 3.07. The normalized spacial score (nSPS) is 9.12. The average Bonchev–Trinajstić information content (AvgIpc) is 2.55. The molecule has 0 aliphatic carbocycles. The molecule has 2 rings (SSSR count). The molecule has 88 valence electrons. The largest absolute Gasteiger partial charge is 0.328 e. The van der Waals surface area contributed by atoms with Crippen molar-refractivity contribution in [1.82, 2.24) is 9.13 Å². The molecule has 0 aliphatic heterocycles. The van der Waals surface area contributed by atoms with Gasteiger partial charge < -0.3 is 0 Å². The number of imidazole rings is 1.